The summed E-state index contributed by atoms with van der Waals surface area (Å²) in [4.78, 5) is 38.6. The predicted molar refractivity (Wildman–Crippen MR) is 103 cm³/mol. The summed E-state index contributed by atoms with van der Waals surface area (Å²) < 4.78 is 9.97. The van der Waals surface area contributed by atoms with Crippen molar-refractivity contribution in [3.63, 3.8) is 0 Å². The zero-order chi connectivity index (χ0) is 21.6. The molecule has 0 saturated carbocycles. The number of phenols is 2. The lowest BCUT2D eigenvalue weighted by atomic mass is 9.75. The van der Waals surface area contributed by atoms with Crippen LogP contribution in [0.1, 0.15) is 49.4 Å². The summed E-state index contributed by atoms with van der Waals surface area (Å²) in [5.74, 6) is -2.44. The fourth-order valence-corrected chi connectivity index (χ4v) is 4.35. The average molecular weight is 412 g/mol. The van der Waals surface area contributed by atoms with Crippen LogP contribution >= 0.6 is 0 Å². The third kappa shape index (κ3) is 2.88. The summed E-state index contributed by atoms with van der Waals surface area (Å²) >= 11 is 0. The maximum Gasteiger partial charge on any atom is 0.202 e. The maximum atomic E-state index is 13.2. The Morgan fingerprint density at radius 2 is 1.77 bits per heavy atom. The molecule has 0 spiro atoms. The Morgan fingerprint density at radius 3 is 2.47 bits per heavy atom. The van der Waals surface area contributed by atoms with Gasteiger partial charge in [0.15, 0.2) is 11.6 Å². The predicted octanol–water partition coefficient (Wildman–Crippen LogP) is 1.52. The number of fused-ring (bicyclic) bond motifs is 3. The molecular formula is C22H20O8. The van der Waals surface area contributed by atoms with Gasteiger partial charge in [0.25, 0.3) is 0 Å². The summed E-state index contributed by atoms with van der Waals surface area (Å²) in [6, 6.07) is 4.59. The third-order valence-corrected chi connectivity index (χ3v) is 5.82. The molecule has 0 heterocycles. The second kappa shape index (κ2) is 7.55. The zero-order valence-electron chi connectivity index (χ0n) is 16.2. The van der Waals surface area contributed by atoms with Crippen LogP contribution in [-0.2, 0) is 22.4 Å². The summed E-state index contributed by atoms with van der Waals surface area (Å²) in [6.07, 6.45) is 0.730. The van der Waals surface area contributed by atoms with E-state index in [0.717, 1.165) is 0 Å². The maximum absolute atomic E-state index is 13.2. The molecule has 0 aliphatic heterocycles. The van der Waals surface area contributed by atoms with Gasteiger partial charge in [-0.2, -0.15) is 0 Å². The minimum absolute atomic E-state index is 0.0529. The van der Waals surface area contributed by atoms with Crippen LogP contribution in [0.15, 0.2) is 18.2 Å². The van der Waals surface area contributed by atoms with Crippen LogP contribution in [0.2, 0.25) is 0 Å². The number of ether oxygens (including phenoxy) is 2. The van der Waals surface area contributed by atoms with E-state index in [1.807, 2.05) is 0 Å². The van der Waals surface area contributed by atoms with E-state index >= 15 is 0 Å². The van der Waals surface area contributed by atoms with Crippen molar-refractivity contribution < 1.29 is 39.2 Å². The number of aliphatic hydroxyl groups is 1. The summed E-state index contributed by atoms with van der Waals surface area (Å²) in [7, 11) is 1.38. The van der Waals surface area contributed by atoms with Crippen molar-refractivity contribution in [2.45, 2.75) is 19.3 Å². The Bertz CT molecular complexity index is 1090. The van der Waals surface area contributed by atoms with Crippen LogP contribution in [0.3, 0.4) is 0 Å². The van der Waals surface area contributed by atoms with Crippen LogP contribution in [0, 0.1) is 5.92 Å². The molecule has 2 aromatic rings. The minimum atomic E-state index is -0.595. The highest BCUT2D eigenvalue weighted by Gasteiger charge is 2.40. The SMILES string of the molecule is COc1cccc2c1C(=O)c1c(O)c3c(c(O)c1C2=O)C[C@@H](C(=O)COCO)CC3. The van der Waals surface area contributed by atoms with Gasteiger partial charge in [-0.05, 0) is 25.3 Å². The van der Waals surface area contributed by atoms with Crippen molar-refractivity contribution in [1.82, 2.24) is 0 Å². The van der Waals surface area contributed by atoms with Gasteiger partial charge < -0.3 is 24.8 Å². The minimum Gasteiger partial charge on any atom is -0.507 e. The van der Waals surface area contributed by atoms with Gasteiger partial charge in [-0.15, -0.1) is 0 Å². The van der Waals surface area contributed by atoms with Gasteiger partial charge in [0.2, 0.25) is 5.78 Å². The molecule has 8 heteroatoms. The Kier molecular flexibility index (Phi) is 5.05. The first-order valence-electron chi connectivity index (χ1n) is 9.48. The van der Waals surface area contributed by atoms with E-state index in [9.17, 15) is 24.6 Å². The van der Waals surface area contributed by atoms with Crippen molar-refractivity contribution in [2.75, 3.05) is 20.5 Å². The summed E-state index contributed by atoms with van der Waals surface area (Å²) in [5, 5.41) is 30.5. The molecule has 0 fully saturated rings. The first-order chi connectivity index (χ1) is 14.4. The monoisotopic (exact) mass is 412 g/mol. The number of carbonyl (C=O) groups excluding carboxylic acids is 3. The van der Waals surface area contributed by atoms with Gasteiger partial charge in [-0.1, -0.05) is 12.1 Å². The van der Waals surface area contributed by atoms with Crippen molar-refractivity contribution >= 4 is 17.3 Å². The summed E-state index contributed by atoms with van der Waals surface area (Å²) in [6.45, 7) is -0.840. The number of rotatable bonds is 5. The molecule has 2 aliphatic rings. The van der Waals surface area contributed by atoms with Gasteiger partial charge >= 0.3 is 0 Å². The first-order valence-corrected chi connectivity index (χ1v) is 9.48. The van der Waals surface area contributed by atoms with E-state index in [1.165, 1.54) is 13.2 Å². The van der Waals surface area contributed by atoms with Crippen LogP contribution in [0.5, 0.6) is 17.2 Å². The van der Waals surface area contributed by atoms with E-state index in [0.29, 0.717) is 12.0 Å². The zero-order valence-corrected chi connectivity index (χ0v) is 16.2. The molecule has 0 unspecified atom stereocenters. The second-order valence-electron chi connectivity index (χ2n) is 7.33. The molecule has 1 atom stereocenters. The van der Waals surface area contributed by atoms with Crippen molar-refractivity contribution in [2.24, 2.45) is 5.92 Å². The molecule has 0 radical (unpaired) electrons. The van der Waals surface area contributed by atoms with Crippen molar-refractivity contribution in [3.05, 3.63) is 51.6 Å². The fourth-order valence-electron chi connectivity index (χ4n) is 4.35. The van der Waals surface area contributed by atoms with E-state index in [4.69, 9.17) is 14.6 Å². The Labute approximate surface area is 171 Å². The van der Waals surface area contributed by atoms with Crippen LogP contribution in [0.4, 0.5) is 0 Å². The number of carbonyl (C=O) groups is 3. The number of benzene rings is 2. The van der Waals surface area contributed by atoms with Crippen LogP contribution in [0.25, 0.3) is 0 Å². The molecule has 2 aromatic carbocycles. The van der Waals surface area contributed by atoms with E-state index in [2.05, 4.69) is 0 Å². The highest BCUT2D eigenvalue weighted by molar-refractivity contribution is 6.31. The lowest BCUT2D eigenvalue weighted by Crippen LogP contribution is -2.28. The topological polar surface area (TPSA) is 130 Å². The summed E-state index contributed by atoms with van der Waals surface area (Å²) in [5.41, 5.74) is 0.294. The van der Waals surface area contributed by atoms with Gasteiger partial charge in [0.05, 0.1) is 23.8 Å². The Balaban J connectivity index is 1.84. The first kappa shape index (κ1) is 20.1. The molecule has 8 nitrogen and oxygen atoms in total. The molecule has 0 bridgehead atoms. The molecule has 4 rings (SSSR count). The Hall–Kier alpha value is -3.23. The van der Waals surface area contributed by atoms with Gasteiger partial charge in [0, 0.05) is 22.6 Å². The second-order valence-corrected chi connectivity index (χ2v) is 7.33. The number of ketones is 3. The standard InChI is InChI=1S/C22H20O8/c1-29-15-4-2-3-12-16(15)22(28)18-17(20(12)26)21(27)13-7-10(14(24)8-30-9-23)5-6-11(13)19(18)25/h2-4,10,23,25,27H,5-9H2,1H3/t10-/m0/s1. The number of hydrogen-bond donors (Lipinski definition) is 3. The highest BCUT2D eigenvalue weighted by atomic mass is 16.6. The quantitative estimate of drug-likeness (QED) is 0.425. The molecule has 156 valence electrons. The van der Waals surface area contributed by atoms with E-state index in [-0.39, 0.29) is 70.3 Å². The normalized spacial score (nSPS) is 17.2. The van der Waals surface area contributed by atoms with Gasteiger partial charge in [-0.3, -0.25) is 14.4 Å². The molecule has 30 heavy (non-hydrogen) atoms. The fraction of sp³-hybridized carbons (Fsp3) is 0.318. The molecule has 0 saturated heterocycles. The number of methoxy groups -OCH3 is 1. The number of aromatic hydroxyl groups is 2. The van der Waals surface area contributed by atoms with E-state index < -0.39 is 24.3 Å². The smallest absolute Gasteiger partial charge is 0.202 e. The van der Waals surface area contributed by atoms with Crippen LogP contribution in [-0.4, -0.2) is 53.2 Å². The number of aliphatic hydroxyl groups excluding tert-OH is 1. The lowest BCUT2D eigenvalue weighted by molar-refractivity contribution is -0.131. The average Bonchev–Trinajstić information content (AvgIpc) is 2.77. The molecular weight excluding hydrogens is 392 g/mol. The largest absolute Gasteiger partial charge is 0.507 e. The third-order valence-electron chi connectivity index (χ3n) is 5.82. The van der Waals surface area contributed by atoms with E-state index in [1.54, 1.807) is 12.1 Å². The van der Waals surface area contributed by atoms with Crippen LogP contribution < -0.4 is 4.74 Å². The molecule has 3 N–H and O–H groups in total. The molecule has 0 aromatic heterocycles. The number of Topliss-reactive ketones (excluding diaryl/α,β-unsaturated/α-hetero) is 1. The highest BCUT2D eigenvalue weighted by Crippen LogP contribution is 2.47. The molecule has 0 amide bonds. The van der Waals surface area contributed by atoms with Crippen molar-refractivity contribution in [1.29, 1.82) is 0 Å². The number of phenolic OH excluding ortho intramolecular Hbond substituents is 2. The lowest BCUT2D eigenvalue weighted by Gasteiger charge is -2.29. The van der Waals surface area contributed by atoms with Gasteiger partial charge in [0.1, 0.15) is 30.6 Å². The molecule has 2 aliphatic carbocycles. The van der Waals surface area contributed by atoms with Gasteiger partial charge in [-0.25, -0.2) is 0 Å². The number of hydrogen-bond acceptors (Lipinski definition) is 8. The Morgan fingerprint density at radius 1 is 1.07 bits per heavy atom. The van der Waals surface area contributed by atoms with Crippen molar-refractivity contribution in [3.8, 4) is 17.2 Å².